The molecule has 60 valence electrons. The van der Waals surface area contributed by atoms with E-state index in [0.29, 0.717) is 12.4 Å². The highest BCUT2D eigenvalue weighted by atomic mass is 17.2. The smallest absolute Gasteiger partial charge is 0.225 e. The standard InChI is InChI=1S/C7H9NO3/c8-7(9)5-6-3-1-2-4-10-11-6/h1-3H,4-5H2,(H2,8,9). The third-order valence-electron chi connectivity index (χ3n) is 1.10. The maximum Gasteiger partial charge on any atom is 0.225 e. The third kappa shape index (κ3) is 2.86. The van der Waals surface area contributed by atoms with Crippen LogP contribution in [0.1, 0.15) is 6.42 Å². The highest BCUT2D eigenvalue weighted by Crippen LogP contribution is 2.06. The molecule has 0 spiro atoms. The molecule has 1 rings (SSSR count). The number of amides is 1. The summed E-state index contributed by atoms with van der Waals surface area (Å²) in [7, 11) is 0. The minimum absolute atomic E-state index is 0.0737. The van der Waals surface area contributed by atoms with Gasteiger partial charge in [0.2, 0.25) is 5.91 Å². The summed E-state index contributed by atoms with van der Waals surface area (Å²) in [6.07, 6.45) is 5.25. The van der Waals surface area contributed by atoms with Gasteiger partial charge in [0.1, 0.15) is 6.61 Å². The lowest BCUT2D eigenvalue weighted by molar-refractivity contribution is -0.253. The van der Waals surface area contributed by atoms with E-state index in [1.165, 1.54) is 0 Å². The molecule has 0 aliphatic carbocycles. The summed E-state index contributed by atoms with van der Waals surface area (Å²) in [5.74, 6) is 0.00130. The zero-order valence-electron chi connectivity index (χ0n) is 5.95. The van der Waals surface area contributed by atoms with Gasteiger partial charge in [-0.1, -0.05) is 12.2 Å². The van der Waals surface area contributed by atoms with Crippen LogP contribution >= 0.6 is 0 Å². The molecule has 1 aliphatic heterocycles. The monoisotopic (exact) mass is 155 g/mol. The Morgan fingerprint density at radius 1 is 1.73 bits per heavy atom. The van der Waals surface area contributed by atoms with Crippen molar-refractivity contribution in [3.8, 4) is 0 Å². The van der Waals surface area contributed by atoms with Gasteiger partial charge >= 0.3 is 0 Å². The van der Waals surface area contributed by atoms with Crippen LogP contribution in [-0.2, 0) is 14.6 Å². The Balaban J connectivity index is 2.49. The minimum Gasteiger partial charge on any atom is -0.369 e. The molecule has 4 nitrogen and oxygen atoms in total. The number of allylic oxidation sites excluding steroid dienone is 2. The summed E-state index contributed by atoms with van der Waals surface area (Å²) in [6, 6.07) is 0. The van der Waals surface area contributed by atoms with Crippen molar-refractivity contribution in [1.82, 2.24) is 0 Å². The summed E-state index contributed by atoms with van der Waals surface area (Å²) >= 11 is 0. The van der Waals surface area contributed by atoms with Gasteiger partial charge in [-0.25, -0.2) is 0 Å². The van der Waals surface area contributed by atoms with Crippen molar-refractivity contribution in [2.75, 3.05) is 6.61 Å². The maximum atomic E-state index is 10.4. The van der Waals surface area contributed by atoms with Gasteiger partial charge in [-0.05, 0) is 6.08 Å². The zero-order valence-corrected chi connectivity index (χ0v) is 5.95. The molecule has 2 N–H and O–H groups in total. The Morgan fingerprint density at radius 2 is 2.55 bits per heavy atom. The average molecular weight is 155 g/mol. The van der Waals surface area contributed by atoms with E-state index < -0.39 is 5.91 Å². The van der Waals surface area contributed by atoms with E-state index in [1.54, 1.807) is 18.2 Å². The molecule has 0 saturated carbocycles. The van der Waals surface area contributed by atoms with Gasteiger partial charge in [0.25, 0.3) is 0 Å². The fourth-order valence-electron chi connectivity index (χ4n) is 0.668. The molecule has 0 unspecified atom stereocenters. The van der Waals surface area contributed by atoms with E-state index in [2.05, 4.69) is 4.89 Å². The van der Waals surface area contributed by atoms with Gasteiger partial charge in [-0.2, -0.15) is 4.89 Å². The molecule has 0 aromatic heterocycles. The first-order valence-electron chi connectivity index (χ1n) is 3.22. The molecule has 0 radical (unpaired) electrons. The molecule has 0 fully saturated rings. The molecular formula is C7H9NO3. The molecule has 0 aromatic carbocycles. The van der Waals surface area contributed by atoms with E-state index in [4.69, 9.17) is 10.6 Å². The highest BCUT2D eigenvalue weighted by molar-refractivity contribution is 5.76. The normalized spacial score (nSPS) is 16.5. The molecule has 11 heavy (non-hydrogen) atoms. The number of hydrogen-bond acceptors (Lipinski definition) is 3. The predicted octanol–water partition coefficient (Wildman–Crippen LogP) is 0.264. The van der Waals surface area contributed by atoms with Gasteiger partial charge in [0, 0.05) is 0 Å². The van der Waals surface area contributed by atoms with Crippen molar-refractivity contribution in [3.63, 3.8) is 0 Å². The largest absolute Gasteiger partial charge is 0.369 e. The molecule has 1 aliphatic rings. The van der Waals surface area contributed by atoms with Gasteiger partial charge in [0.05, 0.1) is 6.42 Å². The van der Waals surface area contributed by atoms with Gasteiger partial charge in [-0.15, -0.1) is 0 Å². The van der Waals surface area contributed by atoms with Crippen LogP contribution in [0, 0.1) is 0 Å². The number of hydrogen-bond donors (Lipinski definition) is 1. The first-order chi connectivity index (χ1) is 5.29. The molecular weight excluding hydrogens is 146 g/mol. The lowest BCUT2D eigenvalue weighted by Gasteiger charge is -2.02. The predicted molar refractivity (Wildman–Crippen MR) is 38.1 cm³/mol. The lowest BCUT2D eigenvalue weighted by atomic mass is 10.3. The summed E-state index contributed by atoms with van der Waals surface area (Å²) in [5, 5.41) is 0. The first kappa shape index (κ1) is 7.81. The van der Waals surface area contributed by atoms with Crippen molar-refractivity contribution in [1.29, 1.82) is 0 Å². The van der Waals surface area contributed by atoms with Crippen LogP contribution in [0.15, 0.2) is 24.0 Å². The Bertz CT molecular complexity index is 208. The molecule has 0 bridgehead atoms. The van der Waals surface area contributed by atoms with E-state index in [0.717, 1.165) is 0 Å². The summed E-state index contributed by atoms with van der Waals surface area (Å²) < 4.78 is 0. The molecule has 0 saturated heterocycles. The average Bonchev–Trinajstić information content (AvgIpc) is 2.14. The molecule has 1 amide bonds. The van der Waals surface area contributed by atoms with E-state index >= 15 is 0 Å². The van der Waals surface area contributed by atoms with Crippen LogP contribution in [0.3, 0.4) is 0 Å². The first-order valence-corrected chi connectivity index (χ1v) is 3.22. The van der Waals surface area contributed by atoms with Crippen molar-refractivity contribution >= 4 is 5.91 Å². The Labute approximate surface area is 64.2 Å². The van der Waals surface area contributed by atoms with Crippen LogP contribution in [0.2, 0.25) is 0 Å². The van der Waals surface area contributed by atoms with Crippen molar-refractivity contribution < 1.29 is 14.6 Å². The Kier molecular flexibility index (Phi) is 2.68. The highest BCUT2D eigenvalue weighted by Gasteiger charge is 2.04. The van der Waals surface area contributed by atoms with Crippen LogP contribution in [0.4, 0.5) is 0 Å². The van der Waals surface area contributed by atoms with Gasteiger partial charge in [-0.3, -0.25) is 4.79 Å². The fraction of sp³-hybridized carbons (Fsp3) is 0.286. The van der Waals surface area contributed by atoms with E-state index in [9.17, 15) is 4.79 Å². The van der Waals surface area contributed by atoms with E-state index in [1.807, 2.05) is 0 Å². The maximum absolute atomic E-state index is 10.4. The zero-order chi connectivity index (χ0) is 8.10. The van der Waals surface area contributed by atoms with Crippen LogP contribution < -0.4 is 5.73 Å². The molecule has 4 heteroatoms. The van der Waals surface area contributed by atoms with Gasteiger partial charge < -0.3 is 10.6 Å². The topological polar surface area (TPSA) is 61.6 Å². The second kappa shape index (κ2) is 3.78. The molecule has 0 atom stereocenters. The summed E-state index contributed by atoms with van der Waals surface area (Å²) in [6.45, 7) is 0.388. The minimum atomic E-state index is -0.435. The van der Waals surface area contributed by atoms with Crippen molar-refractivity contribution in [2.45, 2.75) is 6.42 Å². The summed E-state index contributed by atoms with van der Waals surface area (Å²) in [4.78, 5) is 19.8. The molecule has 0 aromatic rings. The lowest BCUT2D eigenvalue weighted by Crippen LogP contribution is -2.12. The fourth-order valence-corrected chi connectivity index (χ4v) is 0.668. The number of carbonyl (C=O) groups is 1. The number of nitrogens with two attached hydrogens (primary N) is 1. The van der Waals surface area contributed by atoms with Crippen LogP contribution in [0.5, 0.6) is 0 Å². The molecule has 1 heterocycles. The van der Waals surface area contributed by atoms with Crippen molar-refractivity contribution in [2.24, 2.45) is 5.73 Å². The number of primary amides is 1. The Hall–Kier alpha value is -1.29. The number of carbonyl (C=O) groups excluding carboxylic acids is 1. The van der Waals surface area contributed by atoms with Crippen molar-refractivity contribution in [3.05, 3.63) is 24.0 Å². The SMILES string of the molecule is NC(=O)CC1=CC=CCOO1. The second-order valence-corrected chi connectivity index (χ2v) is 2.07. The van der Waals surface area contributed by atoms with Crippen LogP contribution in [-0.4, -0.2) is 12.5 Å². The third-order valence-corrected chi connectivity index (χ3v) is 1.10. The second-order valence-electron chi connectivity index (χ2n) is 2.07. The quantitative estimate of drug-likeness (QED) is 0.582. The van der Waals surface area contributed by atoms with Crippen LogP contribution in [0.25, 0.3) is 0 Å². The Morgan fingerprint density at radius 3 is 3.27 bits per heavy atom. The number of rotatable bonds is 2. The summed E-state index contributed by atoms with van der Waals surface area (Å²) in [5.41, 5.74) is 4.93. The van der Waals surface area contributed by atoms with Gasteiger partial charge in [0.15, 0.2) is 5.76 Å². The van der Waals surface area contributed by atoms with E-state index in [-0.39, 0.29) is 6.42 Å².